The zero-order valence-electron chi connectivity index (χ0n) is 13.5. The predicted octanol–water partition coefficient (Wildman–Crippen LogP) is 5.95. The average Bonchev–Trinajstić information content (AvgIpc) is 2.97. The Labute approximate surface area is 139 Å². The van der Waals surface area contributed by atoms with Gasteiger partial charge in [-0.05, 0) is 42.7 Å². The molecule has 2 aliphatic rings. The van der Waals surface area contributed by atoms with Crippen LogP contribution in [0.5, 0.6) is 11.5 Å². The maximum atomic E-state index is 14.7. The maximum Gasteiger partial charge on any atom is 0.573 e. The molecule has 0 amide bonds. The second-order valence-electron chi connectivity index (χ2n) is 6.76. The molecular weight excluding hydrogens is 324 g/mol. The SMILES string of the molecule is Fc1c(C2CCCC2)ccc(OCCC2CCC2)c1OC(F)(F)F. The second-order valence-corrected chi connectivity index (χ2v) is 6.76. The fraction of sp³-hybridized carbons (Fsp3) is 0.667. The van der Waals surface area contributed by atoms with Gasteiger partial charge in [-0.1, -0.05) is 38.2 Å². The van der Waals surface area contributed by atoms with Gasteiger partial charge in [-0.15, -0.1) is 13.2 Å². The molecule has 0 spiro atoms. The van der Waals surface area contributed by atoms with Gasteiger partial charge in [0.15, 0.2) is 11.6 Å². The molecule has 134 valence electrons. The molecule has 0 radical (unpaired) electrons. The summed E-state index contributed by atoms with van der Waals surface area (Å²) in [6, 6.07) is 2.96. The van der Waals surface area contributed by atoms with Gasteiger partial charge in [0.1, 0.15) is 0 Å². The van der Waals surface area contributed by atoms with Crippen LogP contribution in [0.25, 0.3) is 0 Å². The Balaban J connectivity index is 1.78. The van der Waals surface area contributed by atoms with E-state index in [4.69, 9.17) is 4.74 Å². The Morgan fingerprint density at radius 3 is 2.29 bits per heavy atom. The smallest absolute Gasteiger partial charge is 0.490 e. The van der Waals surface area contributed by atoms with Crippen LogP contribution < -0.4 is 9.47 Å². The van der Waals surface area contributed by atoms with Crippen molar-refractivity contribution in [2.45, 2.75) is 63.6 Å². The third-order valence-electron chi connectivity index (χ3n) is 5.11. The largest absolute Gasteiger partial charge is 0.573 e. The lowest BCUT2D eigenvalue weighted by atomic mass is 9.83. The van der Waals surface area contributed by atoms with E-state index in [1.54, 1.807) is 6.07 Å². The van der Waals surface area contributed by atoms with E-state index in [2.05, 4.69) is 4.74 Å². The lowest BCUT2D eigenvalue weighted by Gasteiger charge is -2.25. The van der Waals surface area contributed by atoms with Gasteiger partial charge >= 0.3 is 6.36 Å². The minimum atomic E-state index is -4.94. The van der Waals surface area contributed by atoms with Crippen molar-refractivity contribution in [3.63, 3.8) is 0 Å². The molecule has 0 N–H and O–H groups in total. The third-order valence-corrected chi connectivity index (χ3v) is 5.11. The molecule has 2 saturated carbocycles. The Kier molecular flexibility index (Phi) is 5.21. The maximum absolute atomic E-state index is 14.7. The van der Waals surface area contributed by atoms with E-state index in [9.17, 15) is 17.6 Å². The van der Waals surface area contributed by atoms with Crippen molar-refractivity contribution >= 4 is 0 Å². The molecule has 1 aromatic rings. The Morgan fingerprint density at radius 1 is 1.00 bits per heavy atom. The summed E-state index contributed by atoms with van der Waals surface area (Å²) < 4.78 is 62.1. The number of benzene rings is 1. The highest BCUT2D eigenvalue weighted by molar-refractivity contribution is 5.46. The van der Waals surface area contributed by atoms with Crippen molar-refractivity contribution in [1.82, 2.24) is 0 Å². The highest BCUT2D eigenvalue weighted by atomic mass is 19.4. The van der Waals surface area contributed by atoms with Crippen LogP contribution in [0.15, 0.2) is 12.1 Å². The van der Waals surface area contributed by atoms with Gasteiger partial charge in [-0.3, -0.25) is 0 Å². The van der Waals surface area contributed by atoms with E-state index >= 15 is 0 Å². The van der Waals surface area contributed by atoms with Crippen LogP contribution >= 0.6 is 0 Å². The summed E-state index contributed by atoms with van der Waals surface area (Å²) in [5, 5.41) is 0. The molecule has 3 rings (SSSR count). The van der Waals surface area contributed by atoms with E-state index < -0.39 is 17.9 Å². The summed E-state index contributed by atoms with van der Waals surface area (Å²) in [6.45, 7) is 0.279. The number of alkyl halides is 3. The normalized spacial score (nSPS) is 19.3. The molecule has 0 heterocycles. The summed E-state index contributed by atoms with van der Waals surface area (Å²) in [6.07, 6.45) is 2.82. The molecule has 24 heavy (non-hydrogen) atoms. The molecule has 0 unspecified atom stereocenters. The molecule has 2 aliphatic carbocycles. The van der Waals surface area contributed by atoms with Crippen LogP contribution in [0.4, 0.5) is 17.6 Å². The molecule has 0 saturated heterocycles. The lowest BCUT2D eigenvalue weighted by Crippen LogP contribution is -2.20. The fourth-order valence-electron chi connectivity index (χ4n) is 3.55. The zero-order chi connectivity index (χ0) is 17.2. The predicted molar refractivity (Wildman–Crippen MR) is 81.7 cm³/mol. The van der Waals surface area contributed by atoms with E-state index in [-0.39, 0.29) is 18.3 Å². The van der Waals surface area contributed by atoms with Gasteiger partial charge < -0.3 is 9.47 Å². The minimum absolute atomic E-state index is 0.0374. The van der Waals surface area contributed by atoms with Gasteiger partial charge in [0.25, 0.3) is 0 Å². The van der Waals surface area contributed by atoms with Crippen LogP contribution in [0.2, 0.25) is 0 Å². The van der Waals surface area contributed by atoms with Gasteiger partial charge in [0, 0.05) is 0 Å². The Morgan fingerprint density at radius 2 is 1.71 bits per heavy atom. The van der Waals surface area contributed by atoms with Crippen LogP contribution in [0.1, 0.15) is 62.8 Å². The van der Waals surface area contributed by atoms with E-state index in [0.717, 1.165) is 44.9 Å². The van der Waals surface area contributed by atoms with Gasteiger partial charge in [-0.2, -0.15) is 0 Å². The summed E-state index contributed by atoms with van der Waals surface area (Å²) >= 11 is 0. The zero-order valence-corrected chi connectivity index (χ0v) is 13.5. The summed E-state index contributed by atoms with van der Waals surface area (Å²) in [5.74, 6) is -1.38. The van der Waals surface area contributed by atoms with Crippen molar-refractivity contribution in [3.8, 4) is 11.5 Å². The molecule has 6 heteroatoms. The second kappa shape index (κ2) is 7.19. The summed E-state index contributed by atoms with van der Waals surface area (Å²) in [5.41, 5.74) is 0.304. The first-order valence-electron chi connectivity index (χ1n) is 8.65. The molecular formula is C18H22F4O2. The van der Waals surface area contributed by atoms with Crippen LogP contribution in [-0.2, 0) is 0 Å². The Bertz CT molecular complexity index is 561. The number of halogens is 4. The minimum Gasteiger partial charge on any atom is -0.490 e. The molecule has 0 atom stereocenters. The highest BCUT2D eigenvalue weighted by Gasteiger charge is 2.36. The highest BCUT2D eigenvalue weighted by Crippen LogP contribution is 2.43. The fourth-order valence-corrected chi connectivity index (χ4v) is 3.55. The van der Waals surface area contributed by atoms with Crippen molar-refractivity contribution in [2.75, 3.05) is 6.61 Å². The average molecular weight is 346 g/mol. The molecule has 0 aliphatic heterocycles. The van der Waals surface area contributed by atoms with Crippen LogP contribution in [0.3, 0.4) is 0 Å². The number of rotatable bonds is 6. The first-order valence-corrected chi connectivity index (χ1v) is 8.65. The molecule has 0 aromatic heterocycles. The van der Waals surface area contributed by atoms with Gasteiger partial charge in [-0.25, -0.2) is 4.39 Å². The van der Waals surface area contributed by atoms with Gasteiger partial charge in [0.2, 0.25) is 5.75 Å². The quantitative estimate of drug-likeness (QED) is 0.593. The van der Waals surface area contributed by atoms with Crippen molar-refractivity contribution in [3.05, 3.63) is 23.5 Å². The molecule has 1 aromatic carbocycles. The van der Waals surface area contributed by atoms with E-state index in [1.165, 1.54) is 12.5 Å². The van der Waals surface area contributed by atoms with Crippen molar-refractivity contribution in [2.24, 2.45) is 5.92 Å². The van der Waals surface area contributed by atoms with Gasteiger partial charge in [0.05, 0.1) is 6.61 Å². The molecule has 0 bridgehead atoms. The molecule has 2 fully saturated rings. The number of hydrogen-bond acceptors (Lipinski definition) is 2. The monoisotopic (exact) mass is 346 g/mol. The Hall–Kier alpha value is -1.46. The summed E-state index contributed by atoms with van der Waals surface area (Å²) in [7, 11) is 0. The van der Waals surface area contributed by atoms with Crippen LogP contribution in [0, 0.1) is 11.7 Å². The number of ether oxygens (including phenoxy) is 2. The number of hydrogen-bond donors (Lipinski definition) is 0. The molecule has 2 nitrogen and oxygen atoms in total. The van der Waals surface area contributed by atoms with E-state index in [1.807, 2.05) is 0 Å². The first kappa shape index (κ1) is 17.4. The van der Waals surface area contributed by atoms with Crippen LogP contribution in [-0.4, -0.2) is 13.0 Å². The topological polar surface area (TPSA) is 18.5 Å². The summed E-state index contributed by atoms with van der Waals surface area (Å²) in [4.78, 5) is 0. The van der Waals surface area contributed by atoms with E-state index in [0.29, 0.717) is 11.5 Å². The lowest BCUT2D eigenvalue weighted by molar-refractivity contribution is -0.276. The van der Waals surface area contributed by atoms with Crippen molar-refractivity contribution in [1.29, 1.82) is 0 Å². The van der Waals surface area contributed by atoms with Crippen molar-refractivity contribution < 1.29 is 27.0 Å². The standard InChI is InChI=1S/C18H22F4O2/c19-16-14(13-6-1-2-7-13)8-9-15(17(16)24-18(20,21)22)23-11-10-12-4-3-5-12/h8-9,12-13H,1-7,10-11H2. The third kappa shape index (κ3) is 4.14. The first-order chi connectivity index (χ1) is 11.4.